The first-order valence-corrected chi connectivity index (χ1v) is 8.66. The molecule has 1 N–H and O–H groups in total. The van der Waals surface area contributed by atoms with E-state index in [2.05, 4.69) is 11.5 Å². The zero-order valence-corrected chi connectivity index (χ0v) is 15.4. The number of nitrogens with zero attached hydrogens (tertiary/aromatic N) is 3. The Morgan fingerprint density at radius 1 is 1.44 bits per heavy atom. The Labute approximate surface area is 157 Å². The highest BCUT2D eigenvalue weighted by Crippen LogP contribution is 2.29. The fourth-order valence-electron chi connectivity index (χ4n) is 3.40. The number of carboxylic acid groups (broad SMARTS) is 1. The third kappa shape index (κ3) is 5.24. The van der Waals surface area contributed by atoms with Crippen LogP contribution in [-0.2, 0) is 4.79 Å². The van der Waals surface area contributed by atoms with Gasteiger partial charge in [0.15, 0.2) is 11.6 Å². The lowest BCUT2D eigenvalue weighted by Gasteiger charge is -2.43. The molecule has 0 saturated carbocycles. The molecule has 0 spiro atoms. The zero-order chi connectivity index (χ0) is 20.1. The molecule has 8 nitrogen and oxygen atoms in total. The van der Waals surface area contributed by atoms with Crippen LogP contribution in [0, 0.1) is 15.9 Å². The van der Waals surface area contributed by atoms with Crippen LogP contribution in [0.1, 0.15) is 19.4 Å². The summed E-state index contributed by atoms with van der Waals surface area (Å²) in [6, 6.07) is 2.20. The molecule has 0 bridgehead atoms. The topological polar surface area (TPSA) is 96.2 Å². The van der Waals surface area contributed by atoms with Crippen LogP contribution in [0.4, 0.5) is 10.1 Å². The standard InChI is InChI=1S/C18H24FN3O5/c1-4-14-7-15(22(25)26)8-16(19)18(14)27-6-5-20-9-12(2)21(11-17(23)24)13(3)10-20/h4,7-8,12-13H,1,5-6,9-11H2,2-3H3,(H,23,24)/t12-,13+. The van der Waals surface area contributed by atoms with Crippen molar-refractivity contribution in [3.63, 3.8) is 0 Å². The molecule has 1 saturated heterocycles. The minimum Gasteiger partial charge on any atom is -0.489 e. The van der Waals surface area contributed by atoms with E-state index < -0.39 is 16.7 Å². The van der Waals surface area contributed by atoms with Crippen LogP contribution in [0.15, 0.2) is 18.7 Å². The molecular weight excluding hydrogens is 357 g/mol. The largest absolute Gasteiger partial charge is 0.489 e. The van der Waals surface area contributed by atoms with Crippen molar-refractivity contribution in [2.75, 3.05) is 32.8 Å². The second-order valence-electron chi connectivity index (χ2n) is 6.68. The van der Waals surface area contributed by atoms with Crippen molar-refractivity contribution < 1.29 is 24.0 Å². The first kappa shape index (κ1) is 20.8. The van der Waals surface area contributed by atoms with Crippen LogP contribution in [-0.4, -0.2) is 70.7 Å². The van der Waals surface area contributed by atoms with E-state index in [1.165, 1.54) is 12.1 Å². The SMILES string of the molecule is C=Cc1cc([N+](=O)[O-])cc(F)c1OCCN1C[C@@H](C)N(CC(=O)O)[C@@H](C)C1. The average Bonchev–Trinajstić information content (AvgIpc) is 2.58. The first-order chi connectivity index (χ1) is 12.7. The molecule has 1 aliphatic rings. The number of halogens is 1. The molecule has 2 rings (SSSR count). The highest BCUT2D eigenvalue weighted by Gasteiger charge is 2.30. The molecule has 0 amide bonds. The van der Waals surface area contributed by atoms with Crippen molar-refractivity contribution in [2.24, 2.45) is 0 Å². The number of nitro benzene ring substituents is 1. The molecule has 2 atom stereocenters. The minimum absolute atomic E-state index is 0.00335. The molecule has 148 valence electrons. The highest BCUT2D eigenvalue weighted by atomic mass is 19.1. The van der Waals surface area contributed by atoms with Crippen molar-refractivity contribution in [2.45, 2.75) is 25.9 Å². The summed E-state index contributed by atoms with van der Waals surface area (Å²) in [5.41, 5.74) is -0.123. The maximum absolute atomic E-state index is 14.2. The molecule has 0 aliphatic carbocycles. The number of hydrogen-bond donors (Lipinski definition) is 1. The van der Waals surface area contributed by atoms with E-state index >= 15 is 0 Å². The Balaban J connectivity index is 1.96. The number of piperazine rings is 1. The van der Waals surface area contributed by atoms with Gasteiger partial charge in [-0.25, -0.2) is 4.39 Å². The van der Waals surface area contributed by atoms with Crippen molar-refractivity contribution in [3.05, 3.63) is 40.2 Å². The molecular formula is C18H24FN3O5. The lowest BCUT2D eigenvalue weighted by molar-refractivity contribution is -0.385. The van der Waals surface area contributed by atoms with Gasteiger partial charge in [0, 0.05) is 43.3 Å². The van der Waals surface area contributed by atoms with Gasteiger partial charge in [0.25, 0.3) is 5.69 Å². The van der Waals surface area contributed by atoms with Gasteiger partial charge >= 0.3 is 5.97 Å². The van der Waals surface area contributed by atoms with Crippen LogP contribution >= 0.6 is 0 Å². The van der Waals surface area contributed by atoms with Gasteiger partial charge in [-0.1, -0.05) is 12.7 Å². The van der Waals surface area contributed by atoms with Crippen LogP contribution in [0.3, 0.4) is 0 Å². The Hall–Kier alpha value is -2.52. The minimum atomic E-state index is -0.851. The lowest BCUT2D eigenvalue weighted by Crippen LogP contribution is -2.58. The summed E-state index contributed by atoms with van der Waals surface area (Å²) in [6.45, 7) is 9.58. The molecule has 9 heteroatoms. The van der Waals surface area contributed by atoms with E-state index in [0.29, 0.717) is 19.6 Å². The van der Waals surface area contributed by atoms with Gasteiger partial charge in [0.2, 0.25) is 0 Å². The van der Waals surface area contributed by atoms with Gasteiger partial charge < -0.3 is 9.84 Å². The van der Waals surface area contributed by atoms with E-state index in [-0.39, 0.29) is 42.2 Å². The normalized spacial score (nSPS) is 21.0. The second-order valence-corrected chi connectivity index (χ2v) is 6.68. The monoisotopic (exact) mass is 381 g/mol. The number of rotatable bonds is 8. The van der Waals surface area contributed by atoms with Gasteiger partial charge in [0.05, 0.1) is 17.5 Å². The molecule has 0 aromatic heterocycles. The fraction of sp³-hybridized carbons (Fsp3) is 0.500. The summed E-state index contributed by atoms with van der Waals surface area (Å²) >= 11 is 0. The van der Waals surface area contributed by atoms with Crippen molar-refractivity contribution in [1.29, 1.82) is 0 Å². The average molecular weight is 381 g/mol. The quantitative estimate of drug-likeness (QED) is 0.545. The van der Waals surface area contributed by atoms with E-state index in [9.17, 15) is 19.3 Å². The molecule has 1 aromatic carbocycles. The summed E-state index contributed by atoms with van der Waals surface area (Å²) < 4.78 is 19.7. The summed E-state index contributed by atoms with van der Waals surface area (Å²) in [6.07, 6.45) is 1.32. The van der Waals surface area contributed by atoms with E-state index in [0.717, 1.165) is 6.07 Å². The predicted molar refractivity (Wildman–Crippen MR) is 98.3 cm³/mol. The number of hydrogen-bond acceptors (Lipinski definition) is 6. The Morgan fingerprint density at radius 3 is 2.59 bits per heavy atom. The fourth-order valence-corrected chi connectivity index (χ4v) is 3.40. The van der Waals surface area contributed by atoms with Gasteiger partial charge in [-0.2, -0.15) is 0 Å². The van der Waals surface area contributed by atoms with E-state index in [1.807, 2.05) is 18.7 Å². The van der Waals surface area contributed by atoms with E-state index in [4.69, 9.17) is 9.84 Å². The van der Waals surface area contributed by atoms with Crippen molar-refractivity contribution in [3.8, 4) is 5.75 Å². The zero-order valence-electron chi connectivity index (χ0n) is 15.4. The smallest absolute Gasteiger partial charge is 0.317 e. The van der Waals surface area contributed by atoms with Crippen LogP contribution in [0.2, 0.25) is 0 Å². The summed E-state index contributed by atoms with van der Waals surface area (Å²) in [5, 5.41) is 19.8. The molecule has 1 aliphatic heterocycles. The van der Waals surface area contributed by atoms with Gasteiger partial charge in [-0.15, -0.1) is 0 Å². The number of nitro groups is 1. The molecule has 27 heavy (non-hydrogen) atoms. The van der Waals surface area contributed by atoms with Gasteiger partial charge in [-0.05, 0) is 13.8 Å². The second kappa shape index (κ2) is 8.92. The maximum atomic E-state index is 14.2. The number of carbonyl (C=O) groups is 1. The maximum Gasteiger partial charge on any atom is 0.317 e. The lowest BCUT2D eigenvalue weighted by atomic mass is 10.1. The number of aliphatic carboxylic acids is 1. The molecule has 0 radical (unpaired) electrons. The molecule has 1 heterocycles. The first-order valence-electron chi connectivity index (χ1n) is 8.66. The van der Waals surface area contributed by atoms with Crippen LogP contribution in [0.5, 0.6) is 5.75 Å². The third-order valence-electron chi connectivity index (χ3n) is 4.64. The van der Waals surface area contributed by atoms with E-state index in [1.54, 1.807) is 0 Å². The number of non-ortho nitro benzene ring substituents is 1. The molecule has 1 fully saturated rings. The third-order valence-corrected chi connectivity index (χ3v) is 4.64. The Kier molecular flexibility index (Phi) is 6.86. The Bertz CT molecular complexity index is 715. The number of carboxylic acids is 1. The summed E-state index contributed by atoms with van der Waals surface area (Å²) in [5.74, 6) is -1.70. The number of ether oxygens (including phenoxy) is 1. The van der Waals surface area contributed by atoms with Crippen molar-refractivity contribution >= 4 is 17.7 Å². The highest BCUT2D eigenvalue weighted by molar-refractivity contribution is 5.69. The number of benzene rings is 1. The predicted octanol–water partition coefficient (Wildman–Crippen LogP) is 2.23. The van der Waals surface area contributed by atoms with Gasteiger partial charge in [-0.3, -0.25) is 24.7 Å². The molecule has 1 aromatic rings. The van der Waals surface area contributed by atoms with Gasteiger partial charge in [0.1, 0.15) is 6.61 Å². The summed E-state index contributed by atoms with van der Waals surface area (Å²) in [7, 11) is 0. The summed E-state index contributed by atoms with van der Waals surface area (Å²) in [4.78, 5) is 25.2. The van der Waals surface area contributed by atoms with Crippen molar-refractivity contribution in [1.82, 2.24) is 9.80 Å². The van der Waals surface area contributed by atoms with Crippen LogP contribution < -0.4 is 4.74 Å². The van der Waals surface area contributed by atoms with Crippen LogP contribution in [0.25, 0.3) is 6.08 Å². The Morgan fingerprint density at radius 2 is 2.07 bits per heavy atom. The molecule has 0 unspecified atom stereocenters.